The van der Waals surface area contributed by atoms with Crippen LogP contribution in [0.15, 0.2) is 54.7 Å². The van der Waals surface area contributed by atoms with Crippen molar-refractivity contribution in [1.82, 2.24) is 4.98 Å². The van der Waals surface area contributed by atoms with Gasteiger partial charge in [0.25, 0.3) is 0 Å². The van der Waals surface area contributed by atoms with Crippen LogP contribution in [0.5, 0.6) is 0 Å². The molecule has 0 aliphatic carbocycles. The summed E-state index contributed by atoms with van der Waals surface area (Å²) < 4.78 is 14.6. The van der Waals surface area contributed by atoms with Crippen LogP contribution in [0.1, 0.15) is 11.6 Å². The summed E-state index contributed by atoms with van der Waals surface area (Å²) in [5.41, 5.74) is 1.37. The summed E-state index contributed by atoms with van der Waals surface area (Å²) in [6.07, 6.45) is 1.47. The van der Waals surface area contributed by atoms with Crippen molar-refractivity contribution in [3.05, 3.63) is 71.1 Å². The summed E-state index contributed by atoms with van der Waals surface area (Å²) in [4.78, 5) is 4.05. The molecule has 3 nitrogen and oxygen atoms in total. The van der Waals surface area contributed by atoms with Gasteiger partial charge in [0.15, 0.2) is 5.82 Å². The average molecular weight is 317 g/mol. The Balaban J connectivity index is 1.98. The quantitative estimate of drug-likeness (QED) is 0.759. The van der Waals surface area contributed by atoms with E-state index in [2.05, 4.69) is 10.3 Å². The van der Waals surface area contributed by atoms with Crippen LogP contribution in [0.2, 0.25) is 5.02 Å². The number of aromatic nitrogens is 1. The number of hydrogen-bond donors (Lipinski definition) is 2. The van der Waals surface area contributed by atoms with Crippen molar-refractivity contribution in [3.63, 3.8) is 0 Å². The highest BCUT2D eigenvalue weighted by Gasteiger charge is 2.15. The molecule has 0 radical (unpaired) electrons. The molecule has 0 saturated heterocycles. The second-order valence-electron chi connectivity index (χ2n) is 4.91. The molecule has 0 aliphatic rings. The third-order valence-corrected chi connectivity index (χ3v) is 3.84. The van der Waals surface area contributed by atoms with Gasteiger partial charge in [0, 0.05) is 11.6 Å². The van der Waals surface area contributed by atoms with Gasteiger partial charge in [-0.15, -0.1) is 0 Å². The molecule has 0 spiro atoms. The number of aliphatic hydroxyl groups is 1. The van der Waals surface area contributed by atoms with E-state index in [1.807, 2.05) is 30.3 Å². The minimum Gasteiger partial charge on any atom is -0.394 e. The van der Waals surface area contributed by atoms with Crippen LogP contribution in [0.3, 0.4) is 0 Å². The Bertz CT molecular complexity index is 795. The maximum atomic E-state index is 14.6. The Labute approximate surface area is 132 Å². The zero-order valence-electron chi connectivity index (χ0n) is 11.6. The molecule has 0 bridgehead atoms. The molecule has 5 heteroatoms. The van der Waals surface area contributed by atoms with E-state index in [1.54, 1.807) is 18.2 Å². The van der Waals surface area contributed by atoms with Crippen molar-refractivity contribution in [2.75, 3.05) is 11.9 Å². The smallest absolute Gasteiger partial charge is 0.172 e. The molecule has 1 aromatic heterocycles. The standard InChI is InChI=1S/C17H14ClFN2O/c18-13-8-9-20-17-12(13)6-7-14(16(17)19)21-15(10-22)11-4-2-1-3-5-11/h1-9,15,21-22H,10H2. The first kappa shape index (κ1) is 14.8. The fourth-order valence-corrected chi connectivity index (χ4v) is 2.58. The monoisotopic (exact) mass is 316 g/mol. The Hall–Kier alpha value is -2.17. The first-order valence-corrected chi connectivity index (χ1v) is 7.23. The third-order valence-electron chi connectivity index (χ3n) is 3.51. The van der Waals surface area contributed by atoms with Crippen LogP contribution in [0, 0.1) is 5.82 Å². The van der Waals surface area contributed by atoms with Crippen LogP contribution in [-0.2, 0) is 0 Å². The van der Waals surface area contributed by atoms with E-state index in [-0.39, 0.29) is 17.8 Å². The van der Waals surface area contributed by atoms with Crippen molar-refractivity contribution in [2.24, 2.45) is 0 Å². The van der Waals surface area contributed by atoms with Gasteiger partial charge in [0.05, 0.1) is 23.4 Å². The van der Waals surface area contributed by atoms with Crippen molar-refractivity contribution in [2.45, 2.75) is 6.04 Å². The molecule has 22 heavy (non-hydrogen) atoms. The number of anilines is 1. The first-order chi connectivity index (χ1) is 10.7. The van der Waals surface area contributed by atoms with Gasteiger partial charge in [-0.05, 0) is 23.8 Å². The van der Waals surface area contributed by atoms with Crippen LogP contribution in [0.4, 0.5) is 10.1 Å². The largest absolute Gasteiger partial charge is 0.394 e. The molecular weight excluding hydrogens is 303 g/mol. The van der Waals surface area contributed by atoms with Gasteiger partial charge in [0.1, 0.15) is 5.52 Å². The lowest BCUT2D eigenvalue weighted by atomic mass is 10.1. The predicted molar refractivity (Wildman–Crippen MR) is 86.6 cm³/mol. The summed E-state index contributed by atoms with van der Waals surface area (Å²) >= 11 is 6.04. The number of benzene rings is 2. The Morgan fingerprint density at radius 1 is 1.14 bits per heavy atom. The molecule has 1 atom stereocenters. The van der Waals surface area contributed by atoms with Crippen LogP contribution in [-0.4, -0.2) is 16.7 Å². The highest BCUT2D eigenvalue weighted by molar-refractivity contribution is 6.35. The van der Waals surface area contributed by atoms with E-state index in [9.17, 15) is 9.50 Å². The molecule has 0 amide bonds. The second-order valence-corrected chi connectivity index (χ2v) is 5.31. The van der Waals surface area contributed by atoms with E-state index >= 15 is 0 Å². The maximum absolute atomic E-state index is 14.6. The SMILES string of the molecule is OCC(Nc1ccc2c(Cl)ccnc2c1F)c1ccccc1. The molecule has 3 aromatic rings. The number of pyridine rings is 1. The molecule has 1 heterocycles. The summed E-state index contributed by atoms with van der Waals surface area (Å²) in [7, 11) is 0. The highest BCUT2D eigenvalue weighted by atomic mass is 35.5. The van der Waals surface area contributed by atoms with Crippen molar-refractivity contribution < 1.29 is 9.50 Å². The molecule has 0 fully saturated rings. The zero-order chi connectivity index (χ0) is 15.5. The van der Waals surface area contributed by atoms with Crippen LogP contribution >= 0.6 is 11.6 Å². The molecule has 2 N–H and O–H groups in total. The predicted octanol–water partition coefficient (Wildman–Crippen LogP) is 4.17. The molecule has 1 unspecified atom stereocenters. The highest BCUT2D eigenvalue weighted by Crippen LogP contribution is 2.29. The van der Waals surface area contributed by atoms with Gasteiger partial charge < -0.3 is 10.4 Å². The molecule has 3 rings (SSSR count). The van der Waals surface area contributed by atoms with Gasteiger partial charge in [-0.1, -0.05) is 41.9 Å². The topological polar surface area (TPSA) is 45.1 Å². The average Bonchev–Trinajstić information content (AvgIpc) is 2.56. The number of rotatable bonds is 4. The lowest BCUT2D eigenvalue weighted by Crippen LogP contribution is -2.15. The van der Waals surface area contributed by atoms with Crippen molar-refractivity contribution >= 4 is 28.2 Å². The van der Waals surface area contributed by atoms with Crippen molar-refractivity contribution in [3.8, 4) is 0 Å². The van der Waals surface area contributed by atoms with Gasteiger partial charge >= 0.3 is 0 Å². The van der Waals surface area contributed by atoms with E-state index in [0.29, 0.717) is 10.4 Å². The summed E-state index contributed by atoms with van der Waals surface area (Å²) in [5, 5.41) is 13.6. The second kappa shape index (κ2) is 6.30. The number of halogens is 2. The number of aliphatic hydroxyl groups excluding tert-OH is 1. The van der Waals surface area contributed by atoms with Gasteiger partial charge in [-0.25, -0.2) is 4.39 Å². The van der Waals surface area contributed by atoms with Crippen molar-refractivity contribution in [1.29, 1.82) is 0 Å². The molecule has 112 valence electrons. The lowest BCUT2D eigenvalue weighted by molar-refractivity contribution is 0.276. The molecule has 0 saturated carbocycles. The number of nitrogens with zero attached hydrogens (tertiary/aromatic N) is 1. The van der Waals surface area contributed by atoms with E-state index in [4.69, 9.17) is 11.6 Å². The zero-order valence-corrected chi connectivity index (χ0v) is 12.4. The normalized spacial score (nSPS) is 12.3. The maximum Gasteiger partial charge on any atom is 0.172 e. The fourth-order valence-electron chi connectivity index (χ4n) is 2.37. The van der Waals surface area contributed by atoms with E-state index in [0.717, 1.165) is 5.56 Å². The number of nitrogens with one attached hydrogen (secondary N) is 1. The van der Waals surface area contributed by atoms with E-state index in [1.165, 1.54) is 6.20 Å². The molecule has 0 aliphatic heterocycles. The van der Waals surface area contributed by atoms with Gasteiger partial charge in [-0.3, -0.25) is 4.98 Å². The number of fused-ring (bicyclic) bond motifs is 1. The fraction of sp³-hybridized carbons (Fsp3) is 0.118. The van der Waals surface area contributed by atoms with E-state index < -0.39 is 11.9 Å². The summed E-state index contributed by atoms with van der Waals surface area (Å²) in [6, 6.07) is 13.9. The van der Waals surface area contributed by atoms with Gasteiger partial charge in [-0.2, -0.15) is 0 Å². The lowest BCUT2D eigenvalue weighted by Gasteiger charge is -2.19. The minimum absolute atomic E-state index is 0.148. The van der Waals surface area contributed by atoms with Crippen LogP contribution < -0.4 is 5.32 Å². The Kier molecular flexibility index (Phi) is 4.22. The Morgan fingerprint density at radius 3 is 2.64 bits per heavy atom. The summed E-state index contributed by atoms with van der Waals surface area (Å²) in [5.74, 6) is -0.477. The third kappa shape index (κ3) is 2.75. The summed E-state index contributed by atoms with van der Waals surface area (Å²) in [6.45, 7) is -0.148. The minimum atomic E-state index is -0.477. The molecular formula is C17H14ClFN2O. The first-order valence-electron chi connectivity index (χ1n) is 6.85. The Morgan fingerprint density at radius 2 is 1.91 bits per heavy atom. The molecule has 2 aromatic carbocycles. The van der Waals surface area contributed by atoms with Crippen LogP contribution in [0.25, 0.3) is 10.9 Å². The number of hydrogen-bond acceptors (Lipinski definition) is 3. The van der Waals surface area contributed by atoms with Gasteiger partial charge in [0.2, 0.25) is 0 Å².